The van der Waals surface area contributed by atoms with Gasteiger partial charge in [-0.3, -0.25) is 4.79 Å². The number of hydrogen-bond acceptors (Lipinski definition) is 2. The summed E-state index contributed by atoms with van der Waals surface area (Å²) in [5.74, 6) is 6.04. The standard InChI is InChI=1S/C14H22O2/c1-2-3-4-5-6-7-8-10-13-16-14-11-9-12-15/h9,11-12H,2-7,13-14H2,1H3/b11-9+. The van der Waals surface area contributed by atoms with Gasteiger partial charge in [-0.1, -0.05) is 44.6 Å². The number of carbonyl (C=O) groups excluding carboxylic acids is 1. The van der Waals surface area contributed by atoms with Gasteiger partial charge in [0.1, 0.15) is 12.9 Å². The topological polar surface area (TPSA) is 26.3 Å². The Hall–Kier alpha value is -1.07. The maximum atomic E-state index is 9.92. The van der Waals surface area contributed by atoms with E-state index in [1.807, 2.05) is 0 Å². The van der Waals surface area contributed by atoms with E-state index < -0.39 is 0 Å². The third-order valence-electron chi connectivity index (χ3n) is 2.13. The maximum absolute atomic E-state index is 9.92. The van der Waals surface area contributed by atoms with E-state index in [1.54, 1.807) is 6.08 Å². The molecule has 0 unspecified atom stereocenters. The van der Waals surface area contributed by atoms with E-state index in [9.17, 15) is 4.79 Å². The van der Waals surface area contributed by atoms with E-state index in [2.05, 4.69) is 18.8 Å². The second kappa shape index (κ2) is 13.9. The summed E-state index contributed by atoms with van der Waals surface area (Å²) in [4.78, 5) is 9.92. The van der Waals surface area contributed by atoms with Crippen LogP contribution >= 0.6 is 0 Å². The average molecular weight is 222 g/mol. The fraction of sp³-hybridized carbons (Fsp3) is 0.643. The van der Waals surface area contributed by atoms with E-state index in [0.29, 0.717) is 13.2 Å². The third kappa shape index (κ3) is 12.9. The first kappa shape index (κ1) is 14.9. The van der Waals surface area contributed by atoms with Crippen LogP contribution in [0.3, 0.4) is 0 Å². The molecule has 0 aliphatic rings. The van der Waals surface area contributed by atoms with Gasteiger partial charge in [0.05, 0.1) is 6.61 Å². The number of unbranched alkanes of at least 4 members (excludes halogenated alkanes) is 5. The van der Waals surface area contributed by atoms with Crippen molar-refractivity contribution in [1.29, 1.82) is 0 Å². The highest BCUT2D eigenvalue weighted by atomic mass is 16.5. The van der Waals surface area contributed by atoms with E-state index >= 15 is 0 Å². The van der Waals surface area contributed by atoms with Crippen molar-refractivity contribution in [2.24, 2.45) is 0 Å². The minimum Gasteiger partial charge on any atom is -0.365 e. The summed E-state index contributed by atoms with van der Waals surface area (Å²) in [6, 6.07) is 0. The molecule has 0 rings (SSSR count). The number of aldehydes is 1. The predicted molar refractivity (Wildman–Crippen MR) is 67.2 cm³/mol. The molecule has 0 radical (unpaired) electrons. The second-order valence-corrected chi connectivity index (χ2v) is 3.60. The van der Waals surface area contributed by atoms with Crippen molar-refractivity contribution in [1.82, 2.24) is 0 Å². The van der Waals surface area contributed by atoms with Crippen LogP contribution in [0.4, 0.5) is 0 Å². The second-order valence-electron chi connectivity index (χ2n) is 3.60. The van der Waals surface area contributed by atoms with Gasteiger partial charge in [-0.2, -0.15) is 0 Å². The Labute approximate surface area is 99.1 Å². The number of allylic oxidation sites excluding steroid dienone is 1. The van der Waals surface area contributed by atoms with Gasteiger partial charge in [-0.25, -0.2) is 0 Å². The number of carbonyl (C=O) groups is 1. The van der Waals surface area contributed by atoms with Crippen LogP contribution in [0.2, 0.25) is 0 Å². The largest absolute Gasteiger partial charge is 0.365 e. The fourth-order valence-corrected chi connectivity index (χ4v) is 1.25. The lowest BCUT2D eigenvalue weighted by Gasteiger charge is -1.94. The van der Waals surface area contributed by atoms with Crippen LogP contribution in [0.1, 0.15) is 45.4 Å². The highest BCUT2D eigenvalue weighted by molar-refractivity contribution is 5.64. The average Bonchev–Trinajstić information content (AvgIpc) is 2.31. The summed E-state index contributed by atoms with van der Waals surface area (Å²) >= 11 is 0. The molecule has 16 heavy (non-hydrogen) atoms. The van der Waals surface area contributed by atoms with E-state index in [0.717, 1.165) is 12.7 Å². The van der Waals surface area contributed by atoms with Gasteiger partial charge in [-0.15, -0.1) is 5.92 Å². The van der Waals surface area contributed by atoms with Crippen molar-refractivity contribution in [3.63, 3.8) is 0 Å². The Morgan fingerprint density at radius 3 is 2.69 bits per heavy atom. The minimum atomic E-state index is 0.457. The van der Waals surface area contributed by atoms with Crippen LogP contribution in [-0.4, -0.2) is 19.5 Å². The summed E-state index contributed by atoms with van der Waals surface area (Å²) in [6.45, 7) is 3.14. The van der Waals surface area contributed by atoms with Gasteiger partial charge >= 0.3 is 0 Å². The van der Waals surface area contributed by atoms with Crippen LogP contribution in [0.15, 0.2) is 12.2 Å². The molecule has 0 bridgehead atoms. The zero-order valence-corrected chi connectivity index (χ0v) is 10.2. The Balaban J connectivity index is 3.15. The minimum absolute atomic E-state index is 0.457. The van der Waals surface area contributed by atoms with Gasteiger partial charge < -0.3 is 4.74 Å². The van der Waals surface area contributed by atoms with Crippen LogP contribution in [-0.2, 0) is 9.53 Å². The molecule has 0 heterocycles. The smallest absolute Gasteiger partial charge is 0.142 e. The molecule has 0 aliphatic heterocycles. The molecule has 90 valence electrons. The van der Waals surface area contributed by atoms with Gasteiger partial charge in [0.25, 0.3) is 0 Å². The normalized spacial score (nSPS) is 10.1. The van der Waals surface area contributed by atoms with Crippen LogP contribution in [0.25, 0.3) is 0 Å². The molecule has 2 heteroatoms. The number of hydrogen-bond donors (Lipinski definition) is 0. The first-order valence-electron chi connectivity index (χ1n) is 6.05. The van der Waals surface area contributed by atoms with Crippen molar-refractivity contribution >= 4 is 6.29 Å². The molecule has 0 aromatic heterocycles. The molecule has 0 fully saturated rings. The quantitative estimate of drug-likeness (QED) is 0.259. The molecule has 2 nitrogen and oxygen atoms in total. The summed E-state index contributed by atoms with van der Waals surface area (Å²) in [7, 11) is 0. The van der Waals surface area contributed by atoms with Gasteiger partial charge in [0.15, 0.2) is 0 Å². The molecule has 0 spiro atoms. The summed E-state index contributed by atoms with van der Waals surface area (Å²) in [5, 5.41) is 0. The lowest BCUT2D eigenvalue weighted by Crippen LogP contribution is -1.90. The van der Waals surface area contributed by atoms with Crippen LogP contribution < -0.4 is 0 Å². The van der Waals surface area contributed by atoms with Crippen LogP contribution in [0, 0.1) is 11.8 Å². The number of ether oxygens (including phenoxy) is 1. The van der Waals surface area contributed by atoms with Crippen molar-refractivity contribution < 1.29 is 9.53 Å². The molecule has 0 saturated carbocycles. The highest BCUT2D eigenvalue weighted by Gasteiger charge is 1.85. The number of rotatable bonds is 9. The van der Waals surface area contributed by atoms with Gasteiger partial charge in [0, 0.05) is 6.42 Å². The molecule has 0 saturated heterocycles. The Morgan fingerprint density at radius 2 is 1.94 bits per heavy atom. The zero-order chi connectivity index (χ0) is 11.9. The van der Waals surface area contributed by atoms with E-state index in [1.165, 1.54) is 38.2 Å². The first-order valence-corrected chi connectivity index (χ1v) is 6.05. The Bertz CT molecular complexity index is 233. The Morgan fingerprint density at radius 1 is 1.12 bits per heavy atom. The van der Waals surface area contributed by atoms with Crippen molar-refractivity contribution in [3.05, 3.63) is 12.2 Å². The van der Waals surface area contributed by atoms with Gasteiger partial charge in [0.2, 0.25) is 0 Å². The molecule has 0 N–H and O–H groups in total. The van der Waals surface area contributed by atoms with Crippen molar-refractivity contribution in [2.75, 3.05) is 13.2 Å². The third-order valence-corrected chi connectivity index (χ3v) is 2.13. The Kier molecular flexibility index (Phi) is 13.0. The maximum Gasteiger partial charge on any atom is 0.142 e. The molecule has 0 aromatic rings. The predicted octanol–water partition coefficient (Wildman–Crippen LogP) is 3.12. The van der Waals surface area contributed by atoms with Crippen molar-refractivity contribution in [2.45, 2.75) is 45.4 Å². The SMILES string of the molecule is CCCCCCCC#CCOC/C=C/C=O. The van der Waals surface area contributed by atoms with Gasteiger partial charge in [-0.05, 0) is 12.5 Å². The zero-order valence-electron chi connectivity index (χ0n) is 10.2. The summed E-state index contributed by atoms with van der Waals surface area (Å²) in [5.41, 5.74) is 0. The van der Waals surface area contributed by atoms with Crippen molar-refractivity contribution in [3.8, 4) is 11.8 Å². The molecule has 0 amide bonds. The summed E-state index contributed by atoms with van der Waals surface area (Å²) < 4.78 is 5.16. The lowest BCUT2D eigenvalue weighted by atomic mass is 10.1. The van der Waals surface area contributed by atoms with E-state index in [4.69, 9.17) is 4.74 Å². The molecular weight excluding hydrogens is 200 g/mol. The van der Waals surface area contributed by atoms with E-state index in [-0.39, 0.29) is 0 Å². The molecular formula is C14H22O2. The fourth-order valence-electron chi connectivity index (χ4n) is 1.25. The summed E-state index contributed by atoms with van der Waals surface area (Å²) in [6.07, 6.45) is 11.2. The highest BCUT2D eigenvalue weighted by Crippen LogP contribution is 2.03. The first-order chi connectivity index (χ1) is 7.91. The molecule has 0 atom stereocenters. The molecule has 0 aliphatic carbocycles. The van der Waals surface area contributed by atoms with Crippen LogP contribution in [0.5, 0.6) is 0 Å². The molecule has 0 aromatic carbocycles. The lowest BCUT2D eigenvalue weighted by molar-refractivity contribution is -0.104. The monoisotopic (exact) mass is 222 g/mol.